The van der Waals surface area contributed by atoms with Crippen LogP contribution in [0.15, 0.2) is 6.07 Å². The second-order valence-corrected chi connectivity index (χ2v) is 6.31. The van der Waals surface area contributed by atoms with Crippen LogP contribution in [0.5, 0.6) is 0 Å². The summed E-state index contributed by atoms with van der Waals surface area (Å²) in [7, 11) is 0. The molecule has 0 amide bonds. The largest absolute Gasteiger partial charge is 0.356 e. The summed E-state index contributed by atoms with van der Waals surface area (Å²) in [5, 5.41) is 1.14. The van der Waals surface area contributed by atoms with E-state index in [1.165, 1.54) is 17.7 Å². The number of thiophene rings is 1. The zero-order valence-corrected chi connectivity index (χ0v) is 12.1. The highest BCUT2D eigenvalue weighted by molar-refractivity contribution is 7.18. The number of nitrogens with two attached hydrogens (primary N) is 1. The molecule has 0 atom stereocenters. The molecule has 3 rings (SSSR count). The van der Waals surface area contributed by atoms with Crippen molar-refractivity contribution in [1.82, 2.24) is 9.97 Å². The summed E-state index contributed by atoms with van der Waals surface area (Å²) >= 11 is 1.68. The molecular weight excluding hydrogens is 258 g/mol. The number of hydrogen-bond acceptors (Lipinski definition) is 6. The number of aryl methyl sites for hydroxylation is 1. The van der Waals surface area contributed by atoms with Crippen molar-refractivity contribution in [2.45, 2.75) is 26.7 Å². The van der Waals surface area contributed by atoms with E-state index in [0.29, 0.717) is 5.95 Å². The summed E-state index contributed by atoms with van der Waals surface area (Å²) in [6.45, 7) is 6.32. The van der Waals surface area contributed by atoms with Crippen molar-refractivity contribution in [1.29, 1.82) is 0 Å². The van der Waals surface area contributed by atoms with E-state index in [1.807, 2.05) is 0 Å². The van der Waals surface area contributed by atoms with Crippen LogP contribution in [0.2, 0.25) is 0 Å². The molecule has 1 fully saturated rings. The van der Waals surface area contributed by atoms with E-state index < -0.39 is 0 Å². The van der Waals surface area contributed by atoms with Crippen molar-refractivity contribution in [2.24, 2.45) is 11.8 Å². The number of nitrogens with zero attached hydrogens (tertiary/aromatic N) is 3. The zero-order valence-electron chi connectivity index (χ0n) is 11.3. The van der Waals surface area contributed by atoms with Crippen LogP contribution in [-0.4, -0.2) is 23.1 Å². The standard InChI is InChI=1S/C13H19N5S/c1-3-18(7-9-4-5-9)11-10-6-8(2)19-12(10)16-13(15-11)17-14/h6,9H,3-5,7,14H2,1-2H3,(H,15,16,17). The number of rotatable bonds is 5. The molecule has 102 valence electrons. The topological polar surface area (TPSA) is 67.1 Å². The minimum atomic E-state index is 0.499. The number of hydrogen-bond donors (Lipinski definition) is 2. The van der Waals surface area contributed by atoms with Gasteiger partial charge >= 0.3 is 0 Å². The number of nitrogens with one attached hydrogen (secondary N) is 1. The van der Waals surface area contributed by atoms with Crippen molar-refractivity contribution in [2.75, 3.05) is 23.4 Å². The maximum atomic E-state index is 5.48. The third-order valence-electron chi connectivity index (χ3n) is 3.48. The van der Waals surface area contributed by atoms with Crippen molar-refractivity contribution in [3.05, 3.63) is 10.9 Å². The Morgan fingerprint density at radius 3 is 2.89 bits per heavy atom. The second-order valence-electron chi connectivity index (χ2n) is 5.07. The van der Waals surface area contributed by atoms with Crippen LogP contribution in [-0.2, 0) is 0 Å². The average molecular weight is 277 g/mol. The Labute approximate surface area is 116 Å². The van der Waals surface area contributed by atoms with Crippen molar-refractivity contribution in [3.63, 3.8) is 0 Å². The summed E-state index contributed by atoms with van der Waals surface area (Å²) in [6.07, 6.45) is 2.69. The van der Waals surface area contributed by atoms with Gasteiger partial charge in [-0.1, -0.05) is 0 Å². The van der Waals surface area contributed by atoms with Crippen molar-refractivity contribution >= 4 is 33.3 Å². The molecule has 0 unspecified atom stereocenters. The maximum absolute atomic E-state index is 5.48. The molecule has 3 N–H and O–H groups in total. The van der Waals surface area contributed by atoms with Gasteiger partial charge in [0.2, 0.25) is 5.95 Å². The molecule has 0 radical (unpaired) electrons. The van der Waals surface area contributed by atoms with Crippen LogP contribution in [0.25, 0.3) is 10.2 Å². The third-order valence-corrected chi connectivity index (χ3v) is 4.43. The molecule has 5 nitrogen and oxygen atoms in total. The Bertz CT molecular complexity index is 590. The number of hydrazine groups is 1. The molecule has 2 aromatic heterocycles. The van der Waals surface area contributed by atoms with E-state index in [4.69, 9.17) is 5.84 Å². The Balaban J connectivity index is 2.07. The molecule has 0 saturated heterocycles. The SMILES string of the molecule is CCN(CC1CC1)c1nc(NN)nc2sc(C)cc12. The first-order valence-electron chi connectivity index (χ1n) is 6.71. The van der Waals surface area contributed by atoms with E-state index in [9.17, 15) is 0 Å². The lowest BCUT2D eigenvalue weighted by Gasteiger charge is -2.22. The van der Waals surface area contributed by atoms with Crippen LogP contribution >= 0.6 is 11.3 Å². The van der Waals surface area contributed by atoms with E-state index in [1.54, 1.807) is 11.3 Å². The molecule has 2 aromatic rings. The monoisotopic (exact) mass is 277 g/mol. The van der Waals surface area contributed by atoms with Crippen molar-refractivity contribution < 1.29 is 0 Å². The Morgan fingerprint density at radius 2 is 2.26 bits per heavy atom. The molecular formula is C13H19N5S. The molecule has 6 heteroatoms. The fourth-order valence-corrected chi connectivity index (χ4v) is 3.18. The maximum Gasteiger partial charge on any atom is 0.240 e. The van der Waals surface area contributed by atoms with Crippen LogP contribution in [0.3, 0.4) is 0 Å². The fraction of sp³-hybridized carbons (Fsp3) is 0.538. The van der Waals surface area contributed by atoms with E-state index >= 15 is 0 Å². The van der Waals surface area contributed by atoms with Gasteiger partial charge in [-0.2, -0.15) is 4.98 Å². The zero-order chi connectivity index (χ0) is 13.4. The Hall–Kier alpha value is -1.40. The second kappa shape index (κ2) is 4.94. The summed E-state index contributed by atoms with van der Waals surface area (Å²) in [4.78, 5) is 13.6. The summed E-state index contributed by atoms with van der Waals surface area (Å²) in [5.41, 5.74) is 2.57. The summed E-state index contributed by atoms with van der Waals surface area (Å²) in [6, 6.07) is 2.17. The van der Waals surface area contributed by atoms with Gasteiger partial charge in [0.05, 0.1) is 5.39 Å². The van der Waals surface area contributed by atoms with Crippen LogP contribution in [0.1, 0.15) is 24.6 Å². The van der Waals surface area contributed by atoms with Gasteiger partial charge in [0, 0.05) is 18.0 Å². The predicted octanol–water partition coefficient (Wildman–Crippen LogP) is 2.52. The Kier molecular flexibility index (Phi) is 3.28. The molecule has 1 aliphatic carbocycles. The van der Waals surface area contributed by atoms with Crippen LogP contribution < -0.4 is 16.2 Å². The first-order valence-corrected chi connectivity index (χ1v) is 7.52. The lowest BCUT2D eigenvalue weighted by molar-refractivity contribution is 0.734. The van der Waals surface area contributed by atoms with E-state index in [-0.39, 0.29) is 0 Å². The molecule has 1 aliphatic rings. The average Bonchev–Trinajstić information content (AvgIpc) is 3.14. The highest BCUT2D eigenvalue weighted by Crippen LogP contribution is 2.35. The highest BCUT2D eigenvalue weighted by Gasteiger charge is 2.25. The van der Waals surface area contributed by atoms with Crippen LogP contribution in [0, 0.1) is 12.8 Å². The van der Waals surface area contributed by atoms with Gasteiger partial charge in [-0.25, -0.2) is 10.8 Å². The minimum Gasteiger partial charge on any atom is -0.356 e. The quantitative estimate of drug-likeness (QED) is 0.649. The first kappa shape index (κ1) is 12.6. The summed E-state index contributed by atoms with van der Waals surface area (Å²) in [5.74, 6) is 7.82. The van der Waals surface area contributed by atoms with Gasteiger partial charge in [0.15, 0.2) is 0 Å². The van der Waals surface area contributed by atoms with Gasteiger partial charge in [-0.05, 0) is 38.7 Å². The number of aromatic nitrogens is 2. The number of fused-ring (bicyclic) bond motifs is 1. The molecule has 1 saturated carbocycles. The van der Waals surface area contributed by atoms with E-state index in [0.717, 1.165) is 35.0 Å². The Morgan fingerprint density at radius 1 is 1.47 bits per heavy atom. The molecule has 0 bridgehead atoms. The number of nitrogen functional groups attached to an aromatic ring is 1. The smallest absolute Gasteiger partial charge is 0.240 e. The molecule has 0 aliphatic heterocycles. The van der Waals surface area contributed by atoms with Gasteiger partial charge < -0.3 is 4.90 Å². The molecule has 0 aromatic carbocycles. The lowest BCUT2D eigenvalue weighted by Crippen LogP contribution is -2.27. The van der Waals surface area contributed by atoms with Gasteiger partial charge in [-0.3, -0.25) is 5.43 Å². The fourth-order valence-electron chi connectivity index (χ4n) is 2.31. The van der Waals surface area contributed by atoms with Crippen LogP contribution in [0.4, 0.5) is 11.8 Å². The molecule has 0 spiro atoms. The lowest BCUT2D eigenvalue weighted by atomic mass is 10.3. The molecule has 19 heavy (non-hydrogen) atoms. The van der Waals surface area contributed by atoms with Gasteiger partial charge in [0.1, 0.15) is 10.6 Å². The van der Waals surface area contributed by atoms with Crippen molar-refractivity contribution in [3.8, 4) is 0 Å². The third kappa shape index (κ3) is 2.50. The molecule has 2 heterocycles. The summed E-state index contributed by atoms with van der Waals surface area (Å²) < 4.78 is 0. The minimum absolute atomic E-state index is 0.499. The van der Waals surface area contributed by atoms with E-state index in [2.05, 4.69) is 40.2 Å². The van der Waals surface area contributed by atoms with Gasteiger partial charge in [0.25, 0.3) is 0 Å². The first-order chi connectivity index (χ1) is 9.21. The normalized spacial score (nSPS) is 14.9. The number of anilines is 2. The predicted molar refractivity (Wildman–Crippen MR) is 80.6 cm³/mol. The van der Waals surface area contributed by atoms with Gasteiger partial charge in [-0.15, -0.1) is 11.3 Å². The highest BCUT2D eigenvalue weighted by atomic mass is 32.1.